The molecule has 4 heteroatoms. The molecule has 18 heavy (non-hydrogen) atoms. The number of aryl methyl sites for hydroxylation is 1. The lowest BCUT2D eigenvalue weighted by Crippen LogP contribution is -2.36. The zero-order valence-corrected chi connectivity index (χ0v) is 11.1. The fourth-order valence-corrected chi connectivity index (χ4v) is 3.62. The van der Waals surface area contributed by atoms with Crippen molar-refractivity contribution < 1.29 is 9.53 Å². The number of carbonyl (C=O) groups excluding carboxylic acids is 1. The van der Waals surface area contributed by atoms with E-state index >= 15 is 0 Å². The summed E-state index contributed by atoms with van der Waals surface area (Å²) in [5.41, 5.74) is 2.23. The summed E-state index contributed by atoms with van der Waals surface area (Å²) >= 11 is 1.81. The fraction of sp³-hybridized carbons (Fsp3) is 0.571. The number of aromatic nitrogens is 1. The highest BCUT2D eigenvalue weighted by molar-refractivity contribution is 7.99. The number of ketones is 1. The van der Waals surface area contributed by atoms with E-state index in [4.69, 9.17) is 4.74 Å². The predicted molar refractivity (Wildman–Crippen MR) is 72.0 cm³/mol. The monoisotopic (exact) mass is 263 g/mol. The third-order valence-electron chi connectivity index (χ3n) is 3.67. The average molecular weight is 263 g/mol. The van der Waals surface area contributed by atoms with Crippen LogP contribution in [0.5, 0.6) is 0 Å². The molecule has 2 unspecified atom stereocenters. The van der Waals surface area contributed by atoms with E-state index in [1.807, 2.05) is 17.8 Å². The molecule has 2 aliphatic rings. The second-order valence-corrected chi connectivity index (χ2v) is 5.98. The standard InChI is InChI=1S/C14H17NO2S/c16-14(12-9-18-8-7-17-12)11-5-1-3-10-4-2-6-15-13(10)11/h2,4,6,11-12H,1,3,5,7-9H2. The quantitative estimate of drug-likeness (QED) is 0.820. The van der Waals surface area contributed by atoms with E-state index in [0.717, 1.165) is 36.5 Å². The first-order valence-corrected chi connectivity index (χ1v) is 7.68. The van der Waals surface area contributed by atoms with E-state index in [9.17, 15) is 4.79 Å². The minimum absolute atomic E-state index is 0.0429. The molecule has 2 atom stereocenters. The number of Topliss-reactive ketones (excluding diaryl/α,β-unsaturated/α-hetero) is 1. The Morgan fingerprint density at radius 3 is 3.28 bits per heavy atom. The largest absolute Gasteiger partial charge is 0.369 e. The molecule has 0 saturated carbocycles. The van der Waals surface area contributed by atoms with Gasteiger partial charge >= 0.3 is 0 Å². The lowest BCUT2D eigenvalue weighted by atomic mass is 9.82. The number of pyridine rings is 1. The average Bonchev–Trinajstić information content (AvgIpc) is 2.47. The Hall–Kier alpha value is -0.870. The smallest absolute Gasteiger partial charge is 0.171 e. The summed E-state index contributed by atoms with van der Waals surface area (Å²) in [4.78, 5) is 17.0. The predicted octanol–water partition coefficient (Wildman–Crippen LogP) is 2.20. The van der Waals surface area contributed by atoms with E-state index in [1.165, 1.54) is 5.56 Å². The van der Waals surface area contributed by atoms with Gasteiger partial charge in [-0.3, -0.25) is 9.78 Å². The summed E-state index contributed by atoms with van der Waals surface area (Å²) in [6.07, 6.45) is 4.62. The maximum Gasteiger partial charge on any atom is 0.171 e. The van der Waals surface area contributed by atoms with E-state index in [1.54, 1.807) is 6.20 Å². The van der Waals surface area contributed by atoms with Crippen LogP contribution in [0.2, 0.25) is 0 Å². The number of carbonyl (C=O) groups is 1. The van der Waals surface area contributed by atoms with E-state index in [0.29, 0.717) is 6.61 Å². The Bertz CT molecular complexity index is 443. The van der Waals surface area contributed by atoms with Crippen LogP contribution in [0.1, 0.15) is 30.0 Å². The summed E-state index contributed by atoms with van der Waals surface area (Å²) in [6.45, 7) is 0.697. The zero-order valence-electron chi connectivity index (χ0n) is 10.3. The Kier molecular flexibility index (Phi) is 3.66. The van der Waals surface area contributed by atoms with Gasteiger partial charge in [0.1, 0.15) is 6.10 Å². The molecule has 1 aliphatic heterocycles. The van der Waals surface area contributed by atoms with E-state index < -0.39 is 0 Å². The van der Waals surface area contributed by atoms with Gasteiger partial charge in [-0.2, -0.15) is 11.8 Å². The molecule has 0 amide bonds. The van der Waals surface area contributed by atoms with Crippen molar-refractivity contribution in [1.82, 2.24) is 4.98 Å². The van der Waals surface area contributed by atoms with Crippen LogP contribution in [0.3, 0.4) is 0 Å². The molecule has 0 bridgehead atoms. The first-order chi connectivity index (χ1) is 8.86. The fourth-order valence-electron chi connectivity index (χ4n) is 2.76. The normalized spacial score (nSPS) is 27.6. The Morgan fingerprint density at radius 2 is 2.44 bits per heavy atom. The van der Waals surface area contributed by atoms with Gasteiger partial charge in [0.15, 0.2) is 5.78 Å². The molecule has 96 valence electrons. The van der Waals surface area contributed by atoms with Crippen LogP contribution in [-0.4, -0.2) is 35.0 Å². The maximum absolute atomic E-state index is 12.5. The molecule has 1 aliphatic carbocycles. The lowest BCUT2D eigenvalue weighted by Gasteiger charge is -2.28. The molecule has 0 radical (unpaired) electrons. The van der Waals surface area contributed by atoms with Crippen molar-refractivity contribution >= 4 is 17.5 Å². The molecule has 3 rings (SSSR count). The summed E-state index contributed by atoms with van der Waals surface area (Å²) < 4.78 is 5.61. The number of ether oxygens (including phenoxy) is 1. The molecular formula is C14H17NO2S. The topological polar surface area (TPSA) is 39.2 Å². The molecule has 1 aromatic heterocycles. The minimum Gasteiger partial charge on any atom is -0.369 e. The number of thioether (sulfide) groups is 1. The molecule has 1 aromatic rings. The van der Waals surface area contributed by atoms with Crippen molar-refractivity contribution in [2.45, 2.75) is 31.3 Å². The van der Waals surface area contributed by atoms with Gasteiger partial charge in [-0.1, -0.05) is 6.07 Å². The van der Waals surface area contributed by atoms with Gasteiger partial charge in [-0.15, -0.1) is 0 Å². The number of nitrogens with zero attached hydrogens (tertiary/aromatic N) is 1. The first-order valence-electron chi connectivity index (χ1n) is 6.53. The van der Waals surface area contributed by atoms with Crippen molar-refractivity contribution in [2.24, 2.45) is 0 Å². The Morgan fingerprint density at radius 1 is 1.50 bits per heavy atom. The summed E-state index contributed by atoms with van der Waals surface area (Å²) in [5.74, 6) is 2.00. The van der Waals surface area contributed by atoms with Crippen LogP contribution in [-0.2, 0) is 16.0 Å². The van der Waals surface area contributed by atoms with Crippen molar-refractivity contribution in [3.8, 4) is 0 Å². The Balaban J connectivity index is 1.82. The molecule has 2 heterocycles. The van der Waals surface area contributed by atoms with Crippen molar-refractivity contribution in [3.05, 3.63) is 29.6 Å². The molecule has 0 N–H and O–H groups in total. The SMILES string of the molecule is O=C(C1CSCCO1)C1CCCc2cccnc21. The number of hydrogen-bond acceptors (Lipinski definition) is 4. The van der Waals surface area contributed by atoms with Crippen LogP contribution >= 0.6 is 11.8 Å². The van der Waals surface area contributed by atoms with Gasteiger partial charge in [0.05, 0.1) is 18.2 Å². The zero-order chi connectivity index (χ0) is 12.4. The van der Waals surface area contributed by atoms with Crippen LogP contribution in [0.4, 0.5) is 0 Å². The molecule has 1 saturated heterocycles. The first kappa shape index (κ1) is 12.2. The molecular weight excluding hydrogens is 246 g/mol. The van der Waals surface area contributed by atoms with Crippen LogP contribution < -0.4 is 0 Å². The summed E-state index contributed by atoms with van der Waals surface area (Å²) in [7, 11) is 0. The van der Waals surface area contributed by atoms with E-state index in [-0.39, 0.29) is 17.8 Å². The highest BCUT2D eigenvalue weighted by Crippen LogP contribution is 2.32. The summed E-state index contributed by atoms with van der Waals surface area (Å²) in [5, 5.41) is 0. The van der Waals surface area contributed by atoms with Gasteiger partial charge in [-0.25, -0.2) is 0 Å². The maximum atomic E-state index is 12.5. The van der Waals surface area contributed by atoms with Gasteiger partial charge < -0.3 is 4.74 Å². The van der Waals surface area contributed by atoms with Gasteiger partial charge in [0.25, 0.3) is 0 Å². The second kappa shape index (κ2) is 5.41. The Labute approximate surface area is 111 Å². The van der Waals surface area contributed by atoms with Crippen molar-refractivity contribution in [3.63, 3.8) is 0 Å². The van der Waals surface area contributed by atoms with Gasteiger partial charge in [-0.05, 0) is 30.9 Å². The molecule has 1 fully saturated rings. The van der Waals surface area contributed by atoms with E-state index in [2.05, 4.69) is 11.1 Å². The van der Waals surface area contributed by atoms with Gasteiger partial charge in [0.2, 0.25) is 0 Å². The van der Waals surface area contributed by atoms with Crippen molar-refractivity contribution in [2.75, 3.05) is 18.1 Å². The van der Waals surface area contributed by atoms with Gasteiger partial charge in [0, 0.05) is 17.7 Å². The van der Waals surface area contributed by atoms with Crippen molar-refractivity contribution in [1.29, 1.82) is 0 Å². The molecule has 0 aromatic carbocycles. The molecule has 3 nitrogen and oxygen atoms in total. The molecule has 0 spiro atoms. The summed E-state index contributed by atoms with van der Waals surface area (Å²) in [6, 6.07) is 4.05. The van der Waals surface area contributed by atoms with Crippen LogP contribution in [0, 0.1) is 0 Å². The second-order valence-electron chi connectivity index (χ2n) is 4.83. The van der Waals surface area contributed by atoms with Crippen LogP contribution in [0.25, 0.3) is 0 Å². The third-order valence-corrected chi connectivity index (χ3v) is 4.67. The minimum atomic E-state index is -0.221. The number of hydrogen-bond donors (Lipinski definition) is 0. The third kappa shape index (κ3) is 2.31. The number of rotatable bonds is 2. The van der Waals surface area contributed by atoms with Crippen LogP contribution in [0.15, 0.2) is 18.3 Å². The highest BCUT2D eigenvalue weighted by atomic mass is 32.2. The highest BCUT2D eigenvalue weighted by Gasteiger charge is 2.33. The lowest BCUT2D eigenvalue weighted by molar-refractivity contribution is -0.131. The number of fused-ring (bicyclic) bond motifs is 1.